The normalized spacial score (nSPS) is 19.4. The number of likely N-dealkylation sites (N-methyl/N-ethyl adjacent to an activating group) is 1. The number of para-hydroxylation sites is 1. The van der Waals surface area contributed by atoms with Gasteiger partial charge in [-0.05, 0) is 49.4 Å². The third-order valence-electron chi connectivity index (χ3n) is 4.29. The van der Waals surface area contributed by atoms with E-state index in [0.717, 1.165) is 5.75 Å². The number of methoxy groups -OCH3 is 1. The van der Waals surface area contributed by atoms with Crippen LogP contribution in [0.25, 0.3) is 0 Å². The Morgan fingerprint density at radius 1 is 1.30 bits per heavy atom. The van der Waals surface area contributed by atoms with Gasteiger partial charge in [0.1, 0.15) is 5.75 Å². The summed E-state index contributed by atoms with van der Waals surface area (Å²) in [5.74, 6) is 1.53. The molecule has 1 aliphatic carbocycles. The Hall–Kier alpha value is -1.32. The smallest absolute Gasteiger partial charge is 0.123 e. The minimum atomic E-state index is 0.319. The maximum Gasteiger partial charge on any atom is 0.123 e. The van der Waals surface area contributed by atoms with Crippen molar-refractivity contribution in [3.63, 3.8) is 0 Å². The van der Waals surface area contributed by atoms with Crippen LogP contribution in [0.2, 0.25) is 0 Å². The average Bonchev–Trinajstić information content (AvgIpc) is 2.98. The second kappa shape index (κ2) is 5.98. The highest BCUT2D eigenvalue weighted by Gasteiger charge is 2.30. The van der Waals surface area contributed by atoms with Gasteiger partial charge in [-0.3, -0.25) is 0 Å². The molecule has 2 atom stereocenters. The van der Waals surface area contributed by atoms with Crippen LogP contribution in [0.15, 0.2) is 35.7 Å². The van der Waals surface area contributed by atoms with Crippen LogP contribution in [-0.4, -0.2) is 14.2 Å². The highest BCUT2D eigenvalue weighted by atomic mass is 32.1. The van der Waals surface area contributed by atoms with E-state index in [1.54, 1.807) is 12.0 Å². The molecule has 0 spiro atoms. The largest absolute Gasteiger partial charge is 0.496 e. The summed E-state index contributed by atoms with van der Waals surface area (Å²) in [6.07, 6.45) is 3.77. The first-order valence-corrected chi connectivity index (χ1v) is 8.09. The third kappa shape index (κ3) is 2.36. The fraction of sp³-hybridized carbons (Fsp3) is 0.412. The van der Waals surface area contributed by atoms with E-state index in [9.17, 15) is 0 Å². The van der Waals surface area contributed by atoms with Gasteiger partial charge in [-0.25, -0.2) is 0 Å². The van der Waals surface area contributed by atoms with E-state index in [4.69, 9.17) is 4.74 Å². The van der Waals surface area contributed by atoms with Crippen molar-refractivity contribution >= 4 is 11.3 Å². The Balaban J connectivity index is 1.99. The lowest BCUT2D eigenvalue weighted by molar-refractivity contribution is 0.380. The molecule has 3 rings (SSSR count). The molecule has 3 heteroatoms. The molecular formula is C17H21NOS. The first-order valence-electron chi connectivity index (χ1n) is 7.21. The lowest BCUT2D eigenvalue weighted by Crippen LogP contribution is -2.26. The maximum absolute atomic E-state index is 5.55. The highest BCUT2D eigenvalue weighted by Crippen LogP contribution is 2.43. The molecule has 0 amide bonds. The van der Waals surface area contributed by atoms with E-state index in [1.165, 1.54) is 30.4 Å². The number of thiophene rings is 1. The van der Waals surface area contributed by atoms with E-state index in [-0.39, 0.29) is 0 Å². The monoisotopic (exact) mass is 287 g/mol. The van der Waals surface area contributed by atoms with Gasteiger partial charge in [0.15, 0.2) is 0 Å². The Bertz CT molecular complexity index is 578. The molecule has 0 saturated carbocycles. The number of hydrogen-bond acceptors (Lipinski definition) is 3. The van der Waals surface area contributed by atoms with Crippen LogP contribution in [0.3, 0.4) is 0 Å². The quantitative estimate of drug-likeness (QED) is 0.912. The maximum atomic E-state index is 5.55. The highest BCUT2D eigenvalue weighted by molar-refractivity contribution is 7.10. The molecule has 0 radical (unpaired) electrons. The number of nitrogens with one attached hydrogen (secondary N) is 1. The first-order chi connectivity index (χ1) is 9.85. The molecule has 1 aliphatic rings. The molecule has 1 aromatic carbocycles. The summed E-state index contributed by atoms with van der Waals surface area (Å²) in [6.45, 7) is 0. The lowest BCUT2D eigenvalue weighted by Gasteiger charge is -2.31. The van der Waals surface area contributed by atoms with Crippen LogP contribution in [0.5, 0.6) is 5.75 Å². The van der Waals surface area contributed by atoms with Gasteiger partial charge in [-0.2, -0.15) is 0 Å². The Labute approximate surface area is 124 Å². The second-order valence-corrected chi connectivity index (χ2v) is 6.31. The van der Waals surface area contributed by atoms with Gasteiger partial charge < -0.3 is 10.1 Å². The van der Waals surface area contributed by atoms with Crippen LogP contribution < -0.4 is 10.1 Å². The summed E-state index contributed by atoms with van der Waals surface area (Å²) in [7, 11) is 3.81. The molecule has 0 fully saturated rings. The summed E-state index contributed by atoms with van der Waals surface area (Å²) in [4.78, 5) is 1.57. The number of rotatable bonds is 4. The molecule has 0 bridgehead atoms. The summed E-state index contributed by atoms with van der Waals surface area (Å²) in [5.41, 5.74) is 2.80. The average molecular weight is 287 g/mol. The Kier molecular flexibility index (Phi) is 4.08. The van der Waals surface area contributed by atoms with Crippen LogP contribution in [0, 0.1) is 0 Å². The molecule has 1 aromatic heterocycles. The van der Waals surface area contributed by atoms with Crippen molar-refractivity contribution < 1.29 is 4.74 Å². The minimum absolute atomic E-state index is 0.319. The molecular weight excluding hydrogens is 266 g/mol. The van der Waals surface area contributed by atoms with Gasteiger partial charge in [-0.15, -0.1) is 11.3 Å². The number of aryl methyl sites for hydroxylation is 1. The summed E-state index contributed by atoms with van der Waals surface area (Å²) in [5, 5.41) is 5.75. The van der Waals surface area contributed by atoms with Gasteiger partial charge in [-0.1, -0.05) is 18.2 Å². The van der Waals surface area contributed by atoms with Gasteiger partial charge in [0, 0.05) is 22.4 Å². The zero-order valence-electron chi connectivity index (χ0n) is 12.1. The van der Waals surface area contributed by atoms with Gasteiger partial charge in [0.25, 0.3) is 0 Å². The van der Waals surface area contributed by atoms with Crippen molar-refractivity contribution in [1.29, 1.82) is 0 Å². The fourth-order valence-corrected chi connectivity index (χ4v) is 4.36. The topological polar surface area (TPSA) is 21.3 Å². The SMILES string of the molecule is CNC(c1ccccc1OC)C1CCCc2sccc21. The third-order valence-corrected chi connectivity index (χ3v) is 5.28. The zero-order valence-corrected chi connectivity index (χ0v) is 12.9. The van der Waals surface area contributed by atoms with E-state index < -0.39 is 0 Å². The standard InChI is InChI=1S/C17H21NOS/c1-18-17(14-6-3-4-8-15(14)19-2)13-7-5-9-16-12(13)10-11-20-16/h3-4,6,8,10-11,13,17-18H,5,7,9H2,1-2H3. The Morgan fingerprint density at radius 3 is 2.95 bits per heavy atom. The van der Waals surface area contributed by atoms with Crippen molar-refractivity contribution in [2.75, 3.05) is 14.2 Å². The van der Waals surface area contributed by atoms with E-state index in [0.29, 0.717) is 12.0 Å². The Morgan fingerprint density at radius 2 is 2.15 bits per heavy atom. The molecule has 2 nitrogen and oxygen atoms in total. The van der Waals surface area contributed by atoms with Crippen molar-refractivity contribution in [3.05, 3.63) is 51.7 Å². The second-order valence-electron chi connectivity index (χ2n) is 5.31. The molecule has 106 valence electrons. The molecule has 1 N–H and O–H groups in total. The lowest BCUT2D eigenvalue weighted by atomic mass is 9.79. The van der Waals surface area contributed by atoms with Crippen molar-refractivity contribution in [2.45, 2.75) is 31.2 Å². The molecule has 2 aromatic rings. The van der Waals surface area contributed by atoms with Crippen molar-refractivity contribution in [3.8, 4) is 5.75 Å². The van der Waals surface area contributed by atoms with E-state index >= 15 is 0 Å². The van der Waals surface area contributed by atoms with Crippen LogP contribution >= 0.6 is 11.3 Å². The van der Waals surface area contributed by atoms with Gasteiger partial charge in [0.2, 0.25) is 0 Å². The van der Waals surface area contributed by atoms with E-state index in [1.807, 2.05) is 17.4 Å². The minimum Gasteiger partial charge on any atom is -0.496 e. The van der Waals surface area contributed by atoms with Crippen LogP contribution in [-0.2, 0) is 6.42 Å². The van der Waals surface area contributed by atoms with Crippen LogP contribution in [0.4, 0.5) is 0 Å². The van der Waals surface area contributed by atoms with E-state index in [2.05, 4.69) is 42.0 Å². The molecule has 0 saturated heterocycles. The molecule has 20 heavy (non-hydrogen) atoms. The van der Waals surface area contributed by atoms with Crippen molar-refractivity contribution in [1.82, 2.24) is 5.32 Å². The number of ether oxygens (including phenoxy) is 1. The number of benzene rings is 1. The number of fused-ring (bicyclic) bond motifs is 1. The predicted molar refractivity (Wildman–Crippen MR) is 84.8 cm³/mol. The van der Waals surface area contributed by atoms with Gasteiger partial charge >= 0.3 is 0 Å². The van der Waals surface area contributed by atoms with Crippen molar-refractivity contribution in [2.24, 2.45) is 0 Å². The predicted octanol–water partition coefficient (Wildman–Crippen LogP) is 4.14. The van der Waals surface area contributed by atoms with Crippen LogP contribution in [0.1, 0.15) is 40.8 Å². The fourth-order valence-electron chi connectivity index (χ4n) is 3.37. The first kappa shape index (κ1) is 13.7. The molecule has 0 aliphatic heterocycles. The van der Waals surface area contributed by atoms with Gasteiger partial charge in [0.05, 0.1) is 7.11 Å². The molecule has 2 unspecified atom stereocenters. The zero-order chi connectivity index (χ0) is 13.9. The molecule has 1 heterocycles. The summed E-state index contributed by atoms with van der Waals surface area (Å²) in [6, 6.07) is 11.0. The number of hydrogen-bond donors (Lipinski definition) is 1. The summed E-state index contributed by atoms with van der Waals surface area (Å²) >= 11 is 1.90. The summed E-state index contributed by atoms with van der Waals surface area (Å²) < 4.78 is 5.55.